The van der Waals surface area contributed by atoms with Crippen LogP contribution in [0.4, 0.5) is 0 Å². The van der Waals surface area contributed by atoms with E-state index >= 15 is 0 Å². The first-order valence-corrected chi connectivity index (χ1v) is 10.5. The number of nitrogens with one attached hydrogen (secondary N) is 1. The third-order valence-corrected chi connectivity index (χ3v) is 6.10. The summed E-state index contributed by atoms with van der Waals surface area (Å²) in [5.41, 5.74) is 2.76. The molecule has 0 bridgehead atoms. The minimum Gasteiger partial charge on any atom is -0.493 e. The van der Waals surface area contributed by atoms with Gasteiger partial charge in [-0.05, 0) is 44.8 Å². The molecular weight excluding hydrogens is 398 g/mol. The van der Waals surface area contributed by atoms with Crippen LogP contribution in [0.15, 0.2) is 48.5 Å². The molecule has 0 aliphatic rings. The highest BCUT2D eigenvalue weighted by Gasteiger charge is 2.20. The lowest BCUT2D eigenvalue weighted by Crippen LogP contribution is -2.34. The van der Waals surface area contributed by atoms with Crippen molar-refractivity contribution in [2.45, 2.75) is 13.0 Å². The van der Waals surface area contributed by atoms with Crippen LogP contribution in [0.5, 0.6) is 11.5 Å². The average Bonchev–Trinajstić information content (AvgIpc) is 3.15. The van der Waals surface area contributed by atoms with Gasteiger partial charge >= 0.3 is 0 Å². The Morgan fingerprint density at radius 2 is 1.80 bits per heavy atom. The van der Waals surface area contributed by atoms with Crippen molar-refractivity contribution in [3.63, 3.8) is 0 Å². The first kappa shape index (κ1) is 21.8. The molecule has 1 heterocycles. The van der Waals surface area contributed by atoms with Crippen molar-refractivity contribution in [3.8, 4) is 22.1 Å². The molecule has 6 nitrogen and oxygen atoms in total. The summed E-state index contributed by atoms with van der Waals surface area (Å²) in [4.78, 5) is 20.2. The van der Waals surface area contributed by atoms with Crippen molar-refractivity contribution in [1.29, 1.82) is 0 Å². The molecule has 0 saturated carbocycles. The minimum atomic E-state index is -0.112. The Morgan fingerprint density at radius 1 is 1.10 bits per heavy atom. The molecule has 3 aromatic rings. The number of aryl methyl sites for hydroxylation is 1. The van der Waals surface area contributed by atoms with Gasteiger partial charge in [0, 0.05) is 12.1 Å². The number of benzene rings is 2. The number of methoxy groups -OCH3 is 2. The third-order valence-electron chi connectivity index (χ3n) is 4.90. The smallest absolute Gasteiger partial charge is 0.263 e. The maximum Gasteiger partial charge on any atom is 0.263 e. The lowest BCUT2D eigenvalue weighted by molar-refractivity contribution is 0.0945. The summed E-state index contributed by atoms with van der Waals surface area (Å²) in [6.45, 7) is 2.37. The maximum atomic E-state index is 12.9. The van der Waals surface area contributed by atoms with Gasteiger partial charge in [-0.15, -0.1) is 11.3 Å². The van der Waals surface area contributed by atoms with Crippen molar-refractivity contribution in [1.82, 2.24) is 15.2 Å². The number of carbonyl (C=O) groups excluding carboxylic acids is 1. The lowest BCUT2D eigenvalue weighted by Gasteiger charge is -2.25. The maximum absolute atomic E-state index is 12.9. The van der Waals surface area contributed by atoms with E-state index in [-0.39, 0.29) is 11.9 Å². The molecule has 1 unspecified atom stereocenters. The first-order valence-electron chi connectivity index (χ1n) is 9.64. The van der Waals surface area contributed by atoms with E-state index in [1.165, 1.54) is 11.3 Å². The molecule has 30 heavy (non-hydrogen) atoms. The van der Waals surface area contributed by atoms with Gasteiger partial charge < -0.3 is 19.7 Å². The molecule has 0 spiro atoms. The molecule has 158 valence electrons. The molecule has 0 radical (unpaired) electrons. The molecule has 0 aliphatic carbocycles. The van der Waals surface area contributed by atoms with Crippen molar-refractivity contribution in [2.75, 3.05) is 34.9 Å². The van der Waals surface area contributed by atoms with Gasteiger partial charge in [-0.2, -0.15) is 0 Å². The van der Waals surface area contributed by atoms with Crippen LogP contribution in [0.3, 0.4) is 0 Å². The Hall–Kier alpha value is -2.90. The minimum absolute atomic E-state index is 0.0914. The molecule has 0 fully saturated rings. The molecule has 0 aliphatic heterocycles. The predicted octanol–water partition coefficient (Wildman–Crippen LogP) is 4.17. The van der Waals surface area contributed by atoms with Crippen LogP contribution in [0.1, 0.15) is 27.0 Å². The topological polar surface area (TPSA) is 63.7 Å². The number of ether oxygens (including phenoxy) is 2. The fourth-order valence-corrected chi connectivity index (χ4v) is 4.22. The lowest BCUT2D eigenvalue weighted by atomic mass is 10.1. The van der Waals surface area contributed by atoms with Crippen LogP contribution in [-0.4, -0.2) is 50.7 Å². The zero-order valence-corrected chi connectivity index (χ0v) is 18.7. The van der Waals surface area contributed by atoms with Gasteiger partial charge in [-0.3, -0.25) is 4.79 Å². The number of hydrogen-bond acceptors (Lipinski definition) is 6. The van der Waals surface area contributed by atoms with Gasteiger partial charge in [0.2, 0.25) is 0 Å². The summed E-state index contributed by atoms with van der Waals surface area (Å²) in [5.74, 6) is 1.17. The van der Waals surface area contributed by atoms with E-state index in [1.54, 1.807) is 14.2 Å². The SMILES string of the molecule is COc1ccc(-c2nc(C)c(C(=O)NCC(c3ccccc3)N(C)C)s2)cc1OC. The summed E-state index contributed by atoms with van der Waals surface area (Å²) < 4.78 is 10.7. The number of aromatic nitrogens is 1. The molecule has 1 atom stereocenters. The van der Waals surface area contributed by atoms with Gasteiger partial charge in [0.15, 0.2) is 11.5 Å². The van der Waals surface area contributed by atoms with Crippen LogP contribution >= 0.6 is 11.3 Å². The van der Waals surface area contributed by atoms with Crippen LogP contribution in [0.2, 0.25) is 0 Å². The van der Waals surface area contributed by atoms with E-state index in [0.29, 0.717) is 28.6 Å². The zero-order valence-electron chi connectivity index (χ0n) is 17.9. The van der Waals surface area contributed by atoms with Crippen LogP contribution < -0.4 is 14.8 Å². The number of carbonyl (C=O) groups is 1. The van der Waals surface area contributed by atoms with E-state index in [2.05, 4.69) is 27.3 Å². The summed E-state index contributed by atoms with van der Waals surface area (Å²) in [5, 5.41) is 3.84. The molecular formula is C23H27N3O3S. The summed E-state index contributed by atoms with van der Waals surface area (Å²) in [6, 6.07) is 15.9. The Kier molecular flexibility index (Phi) is 7.07. The fourth-order valence-electron chi connectivity index (χ4n) is 3.24. The molecule has 7 heteroatoms. The van der Waals surface area contributed by atoms with E-state index in [9.17, 15) is 4.79 Å². The van der Waals surface area contributed by atoms with Gasteiger partial charge in [0.1, 0.15) is 9.88 Å². The van der Waals surface area contributed by atoms with Crippen molar-refractivity contribution in [2.24, 2.45) is 0 Å². The second-order valence-electron chi connectivity index (χ2n) is 7.10. The molecule has 3 rings (SSSR count). The van der Waals surface area contributed by atoms with Crippen molar-refractivity contribution >= 4 is 17.2 Å². The number of thiazole rings is 1. The number of nitrogens with zero attached hydrogens (tertiary/aromatic N) is 2. The number of amides is 1. The Bertz CT molecular complexity index is 1000. The summed E-state index contributed by atoms with van der Waals surface area (Å²) >= 11 is 1.38. The van der Waals surface area contributed by atoms with Gasteiger partial charge in [-0.25, -0.2) is 4.98 Å². The Labute approximate surface area is 181 Å². The van der Waals surface area contributed by atoms with E-state index in [1.807, 2.05) is 57.4 Å². The zero-order chi connectivity index (χ0) is 21.7. The number of likely N-dealkylation sites (N-methyl/N-ethyl adjacent to an activating group) is 1. The highest BCUT2D eigenvalue weighted by molar-refractivity contribution is 7.17. The molecule has 2 aromatic carbocycles. The quantitative estimate of drug-likeness (QED) is 0.587. The largest absolute Gasteiger partial charge is 0.493 e. The van der Waals surface area contributed by atoms with Crippen LogP contribution in [0, 0.1) is 6.92 Å². The van der Waals surface area contributed by atoms with Crippen LogP contribution in [0.25, 0.3) is 10.6 Å². The highest BCUT2D eigenvalue weighted by atomic mass is 32.1. The van der Waals surface area contributed by atoms with Gasteiger partial charge in [0.05, 0.1) is 26.0 Å². The normalized spacial score (nSPS) is 11.9. The molecule has 1 N–H and O–H groups in total. The van der Waals surface area contributed by atoms with Crippen molar-refractivity contribution < 1.29 is 14.3 Å². The number of rotatable bonds is 8. The second-order valence-corrected chi connectivity index (χ2v) is 8.10. The predicted molar refractivity (Wildman–Crippen MR) is 121 cm³/mol. The van der Waals surface area contributed by atoms with Crippen LogP contribution in [-0.2, 0) is 0 Å². The first-order chi connectivity index (χ1) is 14.4. The summed E-state index contributed by atoms with van der Waals surface area (Å²) in [7, 11) is 7.22. The fraction of sp³-hybridized carbons (Fsp3) is 0.304. The third kappa shape index (κ3) is 4.80. The van der Waals surface area contributed by atoms with Crippen molar-refractivity contribution in [3.05, 3.63) is 64.7 Å². The average molecular weight is 426 g/mol. The highest BCUT2D eigenvalue weighted by Crippen LogP contribution is 2.35. The molecule has 1 aromatic heterocycles. The van der Waals surface area contributed by atoms with E-state index in [0.717, 1.165) is 16.1 Å². The monoisotopic (exact) mass is 425 g/mol. The second kappa shape index (κ2) is 9.73. The molecule has 0 saturated heterocycles. The summed E-state index contributed by atoms with van der Waals surface area (Å²) in [6.07, 6.45) is 0. The van der Waals surface area contributed by atoms with Gasteiger partial charge in [0.25, 0.3) is 5.91 Å². The van der Waals surface area contributed by atoms with Gasteiger partial charge in [-0.1, -0.05) is 30.3 Å². The molecule has 1 amide bonds. The Balaban J connectivity index is 1.77. The number of hydrogen-bond donors (Lipinski definition) is 1. The van der Waals surface area contributed by atoms with E-state index < -0.39 is 0 Å². The standard InChI is InChI=1S/C23H27N3O3S/c1-15-21(22(27)24-14-18(26(2)3)16-9-7-6-8-10-16)30-23(25-15)17-11-12-19(28-4)20(13-17)29-5/h6-13,18H,14H2,1-5H3,(H,24,27). The van der Waals surface area contributed by atoms with E-state index in [4.69, 9.17) is 9.47 Å². The Morgan fingerprint density at radius 3 is 2.43 bits per heavy atom.